The predicted octanol–water partition coefficient (Wildman–Crippen LogP) is 3.86. The monoisotopic (exact) mass is 665 g/mol. The number of carboxylic acid groups (broad SMARTS) is 2. The van der Waals surface area contributed by atoms with E-state index in [0.29, 0.717) is 28.6 Å². The molecule has 14 nitrogen and oxygen atoms in total. The Morgan fingerprint density at radius 1 is 0.617 bits per heavy atom. The maximum atomic E-state index is 12.5. The Bertz CT molecular complexity index is 1680. The molecule has 0 saturated carbocycles. The molecule has 0 aromatic carbocycles. The van der Waals surface area contributed by atoms with E-state index >= 15 is 0 Å². The SMILES string of the molecule is NC(=Nc1ccc(NC(=O)c2ccc(N=C(N)c3ccccn3)cn2)nc1)c1ccccn1.O=C(O)C(F)(F)F.O=C(O)C(F)(F)F. The molecule has 0 aliphatic heterocycles. The highest BCUT2D eigenvalue weighted by Gasteiger charge is 2.38. The number of nitrogens with two attached hydrogens (primary N) is 2. The second-order valence-electron chi connectivity index (χ2n) is 8.29. The molecular formula is C27H21F6N9O5. The average Bonchev–Trinajstić information content (AvgIpc) is 3.03. The molecule has 0 unspecified atom stereocenters. The molecule has 4 heterocycles. The van der Waals surface area contributed by atoms with Gasteiger partial charge in [-0.25, -0.2) is 29.5 Å². The summed E-state index contributed by atoms with van der Waals surface area (Å²) in [5.41, 5.74) is 14.3. The number of aliphatic carboxylic acids is 2. The van der Waals surface area contributed by atoms with E-state index in [1.807, 2.05) is 12.1 Å². The molecular weight excluding hydrogens is 644 g/mol. The number of hydrogen-bond donors (Lipinski definition) is 5. The fraction of sp³-hybridized carbons (Fsp3) is 0.0741. The van der Waals surface area contributed by atoms with Gasteiger partial charge in [0.2, 0.25) is 0 Å². The fourth-order valence-corrected chi connectivity index (χ4v) is 2.71. The average molecular weight is 666 g/mol. The molecule has 47 heavy (non-hydrogen) atoms. The van der Waals surface area contributed by atoms with E-state index < -0.39 is 30.2 Å². The minimum atomic E-state index is -5.08. The third kappa shape index (κ3) is 13.0. The fourth-order valence-electron chi connectivity index (χ4n) is 2.71. The van der Waals surface area contributed by atoms with Crippen molar-refractivity contribution in [2.75, 3.05) is 5.32 Å². The van der Waals surface area contributed by atoms with Gasteiger partial charge < -0.3 is 27.0 Å². The van der Waals surface area contributed by atoms with Crippen molar-refractivity contribution < 1.29 is 50.9 Å². The van der Waals surface area contributed by atoms with Crippen LogP contribution >= 0.6 is 0 Å². The molecule has 0 saturated heterocycles. The van der Waals surface area contributed by atoms with Crippen LogP contribution in [0.4, 0.5) is 43.5 Å². The summed E-state index contributed by atoms with van der Waals surface area (Å²) in [6.45, 7) is 0. The summed E-state index contributed by atoms with van der Waals surface area (Å²) in [4.78, 5) is 55.4. The Balaban J connectivity index is 0.000000459. The van der Waals surface area contributed by atoms with Crippen LogP contribution in [0.25, 0.3) is 0 Å². The lowest BCUT2D eigenvalue weighted by Gasteiger charge is -2.05. The summed E-state index contributed by atoms with van der Waals surface area (Å²) in [5.74, 6) is -5.06. The zero-order valence-corrected chi connectivity index (χ0v) is 23.3. The highest BCUT2D eigenvalue weighted by atomic mass is 19.4. The van der Waals surface area contributed by atoms with Gasteiger partial charge in [0, 0.05) is 12.4 Å². The van der Waals surface area contributed by atoms with Gasteiger partial charge in [0.05, 0.1) is 23.8 Å². The van der Waals surface area contributed by atoms with Crippen molar-refractivity contribution in [3.63, 3.8) is 0 Å². The van der Waals surface area contributed by atoms with Gasteiger partial charge in [-0.3, -0.25) is 14.8 Å². The number of nitrogens with one attached hydrogen (secondary N) is 1. The summed E-state index contributed by atoms with van der Waals surface area (Å²) < 4.78 is 63.5. The highest BCUT2D eigenvalue weighted by Crippen LogP contribution is 2.16. The number of carboxylic acids is 2. The zero-order chi connectivity index (χ0) is 35.2. The number of rotatable bonds is 6. The topological polar surface area (TPSA) is 232 Å². The minimum Gasteiger partial charge on any atom is -0.475 e. The first-order valence-corrected chi connectivity index (χ1v) is 12.3. The number of amides is 1. The number of pyridine rings is 4. The van der Waals surface area contributed by atoms with Crippen LogP contribution in [0, 0.1) is 0 Å². The maximum absolute atomic E-state index is 12.5. The number of alkyl halides is 6. The first-order chi connectivity index (χ1) is 22.0. The van der Waals surface area contributed by atoms with Gasteiger partial charge in [-0.1, -0.05) is 12.1 Å². The van der Waals surface area contributed by atoms with Crippen LogP contribution in [-0.4, -0.2) is 72.0 Å². The van der Waals surface area contributed by atoms with Crippen LogP contribution in [0.15, 0.2) is 95.4 Å². The van der Waals surface area contributed by atoms with Crippen LogP contribution in [0.3, 0.4) is 0 Å². The Morgan fingerprint density at radius 3 is 1.36 bits per heavy atom. The number of aromatic nitrogens is 4. The number of anilines is 1. The van der Waals surface area contributed by atoms with Crippen molar-refractivity contribution in [2.24, 2.45) is 21.5 Å². The molecule has 0 spiro atoms. The summed E-state index contributed by atoms with van der Waals surface area (Å²) >= 11 is 0. The number of amidine groups is 2. The molecule has 0 aliphatic carbocycles. The molecule has 4 aromatic rings. The molecule has 1 amide bonds. The molecule has 0 radical (unpaired) electrons. The largest absolute Gasteiger partial charge is 0.490 e. The van der Waals surface area contributed by atoms with Crippen LogP contribution in [0.5, 0.6) is 0 Å². The number of carbonyl (C=O) groups is 3. The van der Waals surface area contributed by atoms with Gasteiger partial charge in [-0.05, 0) is 48.5 Å². The quantitative estimate of drug-likeness (QED) is 0.113. The normalized spacial score (nSPS) is 11.6. The third-order valence-corrected chi connectivity index (χ3v) is 4.81. The van der Waals surface area contributed by atoms with Gasteiger partial charge in [0.1, 0.15) is 34.6 Å². The summed E-state index contributed by atoms with van der Waals surface area (Å²) in [6, 6.07) is 17.2. The lowest BCUT2D eigenvalue weighted by Crippen LogP contribution is -2.21. The van der Waals surface area contributed by atoms with E-state index in [1.54, 1.807) is 60.9 Å². The standard InChI is InChI=1S/C23H19N9O.2C2HF3O2/c24-21(17-5-1-3-11-26-17)30-15-7-9-19(28-13-15)23(33)32-20-10-8-16(14-29-20)31-22(25)18-6-2-4-12-27-18;2*3-2(4,5)1(6)7/h1-14H,(H2,24,30)(H2,25,31)(H,29,32,33);2*(H,6,7). The van der Waals surface area contributed by atoms with Crippen molar-refractivity contribution >= 4 is 46.7 Å². The van der Waals surface area contributed by atoms with E-state index in [9.17, 15) is 31.1 Å². The van der Waals surface area contributed by atoms with E-state index in [2.05, 4.69) is 35.2 Å². The molecule has 0 bridgehead atoms. The molecule has 246 valence electrons. The zero-order valence-electron chi connectivity index (χ0n) is 23.3. The molecule has 4 aromatic heterocycles. The number of nitrogens with zero attached hydrogens (tertiary/aromatic N) is 6. The van der Waals surface area contributed by atoms with Gasteiger partial charge >= 0.3 is 24.3 Å². The molecule has 4 rings (SSSR count). The van der Waals surface area contributed by atoms with Crippen molar-refractivity contribution in [1.82, 2.24) is 19.9 Å². The second kappa shape index (κ2) is 16.6. The van der Waals surface area contributed by atoms with Gasteiger partial charge in [0.15, 0.2) is 0 Å². The van der Waals surface area contributed by atoms with Gasteiger partial charge in [-0.15, -0.1) is 0 Å². The number of carbonyl (C=O) groups excluding carboxylic acids is 1. The van der Waals surface area contributed by atoms with Gasteiger partial charge in [-0.2, -0.15) is 26.3 Å². The third-order valence-electron chi connectivity index (χ3n) is 4.81. The lowest BCUT2D eigenvalue weighted by atomic mass is 10.3. The van der Waals surface area contributed by atoms with E-state index in [-0.39, 0.29) is 17.4 Å². The predicted molar refractivity (Wildman–Crippen MR) is 153 cm³/mol. The number of hydrogen-bond acceptors (Lipinski definition) is 9. The Morgan fingerprint density at radius 2 is 1.04 bits per heavy atom. The first-order valence-electron chi connectivity index (χ1n) is 12.3. The van der Waals surface area contributed by atoms with Crippen molar-refractivity contribution in [1.29, 1.82) is 0 Å². The first kappa shape index (κ1) is 36.7. The molecule has 7 N–H and O–H groups in total. The summed E-state index contributed by atoms with van der Waals surface area (Å²) in [7, 11) is 0. The number of halogens is 6. The summed E-state index contributed by atoms with van der Waals surface area (Å²) in [6.07, 6.45) is -3.95. The highest BCUT2D eigenvalue weighted by molar-refractivity contribution is 6.02. The van der Waals surface area contributed by atoms with Crippen molar-refractivity contribution in [3.8, 4) is 0 Å². The molecule has 20 heteroatoms. The van der Waals surface area contributed by atoms with Crippen LogP contribution in [0.2, 0.25) is 0 Å². The van der Waals surface area contributed by atoms with Crippen LogP contribution < -0.4 is 16.8 Å². The Labute approximate surface area is 259 Å². The molecule has 0 atom stereocenters. The molecule has 0 fully saturated rings. The maximum Gasteiger partial charge on any atom is 0.490 e. The van der Waals surface area contributed by atoms with E-state index in [4.69, 9.17) is 31.3 Å². The van der Waals surface area contributed by atoms with Crippen molar-refractivity contribution in [2.45, 2.75) is 12.4 Å². The van der Waals surface area contributed by atoms with Gasteiger partial charge in [0.25, 0.3) is 5.91 Å². The van der Waals surface area contributed by atoms with Crippen LogP contribution in [-0.2, 0) is 9.59 Å². The second-order valence-corrected chi connectivity index (χ2v) is 8.29. The van der Waals surface area contributed by atoms with E-state index in [1.165, 1.54) is 12.4 Å². The van der Waals surface area contributed by atoms with Crippen LogP contribution in [0.1, 0.15) is 21.9 Å². The van der Waals surface area contributed by atoms with Crippen molar-refractivity contribution in [3.05, 3.63) is 103 Å². The molecule has 0 aliphatic rings. The summed E-state index contributed by atoms with van der Waals surface area (Å²) in [5, 5.41) is 16.9. The minimum absolute atomic E-state index is 0.202. The smallest absolute Gasteiger partial charge is 0.475 e. The van der Waals surface area contributed by atoms with E-state index in [0.717, 1.165) is 0 Å². The number of aliphatic imine (C=N–C) groups is 2. The Hall–Kier alpha value is -6.47. The lowest BCUT2D eigenvalue weighted by molar-refractivity contribution is -0.193. The Kier molecular flexibility index (Phi) is 12.9.